The Bertz CT molecular complexity index is 681. The first-order valence-electron chi connectivity index (χ1n) is 9.75. The third-order valence-electron chi connectivity index (χ3n) is 5.32. The Morgan fingerprint density at radius 3 is 2.48 bits per heavy atom. The third kappa shape index (κ3) is 5.14. The number of hydrogen-bond donors (Lipinski definition) is 2. The summed E-state index contributed by atoms with van der Waals surface area (Å²) in [7, 11) is 0. The Kier molecular flexibility index (Phi) is 6.60. The summed E-state index contributed by atoms with van der Waals surface area (Å²) in [5.41, 5.74) is 6.21. The molecule has 1 aromatic carbocycles. The SMILES string of the molecule is C[C@@H](N)C(=O)N1CCC(Oc2ccc(C(=O)NC3CCCC3)cc2Cl)CC1. The molecule has 27 heavy (non-hydrogen) atoms. The monoisotopic (exact) mass is 393 g/mol. The zero-order valence-corrected chi connectivity index (χ0v) is 16.5. The quantitative estimate of drug-likeness (QED) is 0.805. The van der Waals surface area contributed by atoms with Gasteiger partial charge in [-0.15, -0.1) is 0 Å². The highest BCUT2D eigenvalue weighted by Crippen LogP contribution is 2.29. The first kappa shape index (κ1) is 20.0. The standard InChI is InChI=1S/C20H28ClN3O3/c1-13(22)20(26)24-10-8-16(9-11-24)27-18-7-6-14(12-17(18)21)19(25)23-15-4-2-3-5-15/h6-7,12-13,15-16H,2-5,8-11,22H2,1H3,(H,23,25)/t13-/m1/s1. The third-order valence-corrected chi connectivity index (χ3v) is 5.62. The number of rotatable bonds is 5. The molecular weight excluding hydrogens is 366 g/mol. The number of carbonyl (C=O) groups excluding carboxylic acids is 2. The number of likely N-dealkylation sites (tertiary alicyclic amines) is 1. The molecule has 0 bridgehead atoms. The second kappa shape index (κ2) is 8.93. The molecule has 1 aliphatic heterocycles. The lowest BCUT2D eigenvalue weighted by Gasteiger charge is -2.33. The van der Waals surface area contributed by atoms with Gasteiger partial charge < -0.3 is 20.7 Å². The van der Waals surface area contributed by atoms with Crippen molar-refractivity contribution < 1.29 is 14.3 Å². The van der Waals surface area contributed by atoms with Gasteiger partial charge in [0.15, 0.2) is 0 Å². The molecule has 1 atom stereocenters. The van der Waals surface area contributed by atoms with Crippen molar-refractivity contribution >= 4 is 23.4 Å². The average molecular weight is 394 g/mol. The fraction of sp³-hybridized carbons (Fsp3) is 0.600. The Labute approximate surface area is 165 Å². The van der Waals surface area contributed by atoms with E-state index in [1.165, 1.54) is 12.8 Å². The van der Waals surface area contributed by atoms with Crippen molar-refractivity contribution in [2.45, 2.75) is 63.6 Å². The number of piperidine rings is 1. The summed E-state index contributed by atoms with van der Waals surface area (Å²) >= 11 is 6.34. The minimum Gasteiger partial charge on any atom is -0.489 e. The molecule has 3 rings (SSSR count). The molecule has 0 aromatic heterocycles. The molecule has 7 heteroatoms. The van der Waals surface area contributed by atoms with Crippen LogP contribution in [0.3, 0.4) is 0 Å². The molecule has 0 unspecified atom stereocenters. The molecule has 1 aliphatic carbocycles. The predicted octanol–water partition coefficient (Wildman–Crippen LogP) is 2.73. The van der Waals surface area contributed by atoms with Gasteiger partial charge in [-0.25, -0.2) is 0 Å². The van der Waals surface area contributed by atoms with Crippen molar-refractivity contribution in [3.8, 4) is 5.75 Å². The molecular formula is C20H28ClN3O3. The fourth-order valence-corrected chi connectivity index (χ4v) is 3.96. The van der Waals surface area contributed by atoms with Gasteiger partial charge in [-0.2, -0.15) is 0 Å². The minimum atomic E-state index is -0.472. The summed E-state index contributed by atoms with van der Waals surface area (Å²) < 4.78 is 6.01. The van der Waals surface area contributed by atoms with Crippen LogP contribution < -0.4 is 15.8 Å². The lowest BCUT2D eigenvalue weighted by molar-refractivity contribution is -0.133. The Morgan fingerprint density at radius 1 is 1.22 bits per heavy atom. The summed E-state index contributed by atoms with van der Waals surface area (Å²) in [6.07, 6.45) is 5.91. The fourth-order valence-electron chi connectivity index (χ4n) is 3.74. The average Bonchev–Trinajstić information content (AvgIpc) is 3.16. The second-order valence-corrected chi connectivity index (χ2v) is 7.94. The van der Waals surface area contributed by atoms with Gasteiger partial charge in [0.25, 0.3) is 5.91 Å². The van der Waals surface area contributed by atoms with Crippen LogP contribution in [0.15, 0.2) is 18.2 Å². The van der Waals surface area contributed by atoms with Gasteiger partial charge in [-0.05, 0) is 38.0 Å². The summed E-state index contributed by atoms with van der Waals surface area (Å²) in [5.74, 6) is 0.466. The Morgan fingerprint density at radius 2 is 1.89 bits per heavy atom. The van der Waals surface area contributed by atoms with E-state index in [0.717, 1.165) is 25.7 Å². The topological polar surface area (TPSA) is 84.7 Å². The van der Waals surface area contributed by atoms with E-state index >= 15 is 0 Å². The molecule has 2 aliphatic rings. The van der Waals surface area contributed by atoms with Crippen LogP contribution in [0.1, 0.15) is 55.8 Å². The van der Waals surface area contributed by atoms with Gasteiger partial charge in [0.1, 0.15) is 11.9 Å². The van der Waals surface area contributed by atoms with Gasteiger partial charge in [0.2, 0.25) is 5.91 Å². The summed E-state index contributed by atoms with van der Waals surface area (Å²) in [4.78, 5) is 26.1. The van der Waals surface area contributed by atoms with Crippen molar-refractivity contribution in [2.24, 2.45) is 5.73 Å². The van der Waals surface area contributed by atoms with Crippen LogP contribution in [0.25, 0.3) is 0 Å². The molecule has 148 valence electrons. The van der Waals surface area contributed by atoms with Crippen molar-refractivity contribution in [1.29, 1.82) is 0 Å². The zero-order chi connectivity index (χ0) is 19.4. The van der Waals surface area contributed by atoms with Crippen molar-refractivity contribution in [3.05, 3.63) is 28.8 Å². The molecule has 1 heterocycles. The van der Waals surface area contributed by atoms with E-state index < -0.39 is 6.04 Å². The molecule has 1 saturated heterocycles. The van der Waals surface area contributed by atoms with Gasteiger partial charge in [0, 0.05) is 37.5 Å². The molecule has 2 fully saturated rings. The number of hydrogen-bond acceptors (Lipinski definition) is 4. The van der Waals surface area contributed by atoms with E-state index in [1.807, 2.05) is 0 Å². The van der Waals surface area contributed by atoms with E-state index in [-0.39, 0.29) is 24.0 Å². The summed E-state index contributed by atoms with van der Waals surface area (Å²) in [5, 5.41) is 3.50. The van der Waals surface area contributed by atoms with Gasteiger partial charge in [-0.1, -0.05) is 24.4 Å². The second-order valence-electron chi connectivity index (χ2n) is 7.53. The maximum atomic E-state index is 12.4. The van der Waals surface area contributed by atoms with E-state index in [2.05, 4.69) is 5.32 Å². The lowest BCUT2D eigenvalue weighted by atomic mass is 10.1. The van der Waals surface area contributed by atoms with Crippen molar-refractivity contribution in [2.75, 3.05) is 13.1 Å². The zero-order valence-electron chi connectivity index (χ0n) is 15.7. The highest BCUT2D eigenvalue weighted by molar-refractivity contribution is 6.32. The molecule has 2 amide bonds. The molecule has 0 radical (unpaired) electrons. The first-order chi connectivity index (χ1) is 12.9. The summed E-state index contributed by atoms with van der Waals surface area (Å²) in [6, 6.07) is 4.97. The van der Waals surface area contributed by atoms with Crippen LogP contribution in [-0.4, -0.2) is 48.0 Å². The maximum Gasteiger partial charge on any atom is 0.251 e. The smallest absolute Gasteiger partial charge is 0.251 e. The number of nitrogens with two attached hydrogens (primary N) is 1. The largest absolute Gasteiger partial charge is 0.489 e. The minimum absolute atomic E-state index is 0.00204. The van der Waals surface area contributed by atoms with Crippen LogP contribution >= 0.6 is 11.6 Å². The van der Waals surface area contributed by atoms with Crippen LogP contribution in [0.4, 0.5) is 0 Å². The van der Waals surface area contributed by atoms with Gasteiger partial charge in [0.05, 0.1) is 11.1 Å². The van der Waals surface area contributed by atoms with Crippen molar-refractivity contribution in [1.82, 2.24) is 10.2 Å². The van der Waals surface area contributed by atoms with Gasteiger partial charge in [-0.3, -0.25) is 9.59 Å². The highest BCUT2D eigenvalue weighted by atomic mass is 35.5. The van der Waals surface area contributed by atoms with E-state index in [9.17, 15) is 9.59 Å². The predicted molar refractivity (Wildman–Crippen MR) is 105 cm³/mol. The van der Waals surface area contributed by atoms with Crippen LogP contribution in [0.2, 0.25) is 5.02 Å². The number of benzene rings is 1. The number of nitrogens with one attached hydrogen (secondary N) is 1. The number of nitrogens with zero attached hydrogens (tertiary/aromatic N) is 1. The van der Waals surface area contributed by atoms with E-state index in [1.54, 1.807) is 30.0 Å². The van der Waals surface area contributed by atoms with Crippen LogP contribution in [0.5, 0.6) is 5.75 Å². The van der Waals surface area contributed by atoms with Crippen molar-refractivity contribution in [3.63, 3.8) is 0 Å². The van der Waals surface area contributed by atoms with E-state index in [0.29, 0.717) is 29.4 Å². The number of carbonyl (C=O) groups is 2. The maximum absolute atomic E-state index is 12.4. The first-order valence-corrected chi connectivity index (χ1v) is 10.1. The van der Waals surface area contributed by atoms with Crippen LogP contribution in [-0.2, 0) is 4.79 Å². The molecule has 3 N–H and O–H groups in total. The Hall–Kier alpha value is -1.79. The number of ether oxygens (including phenoxy) is 1. The molecule has 6 nitrogen and oxygen atoms in total. The molecule has 1 saturated carbocycles. The van der Waals surface area contributed by atoms with Crippen LogP contribution in [0, 0.1) is 0 Å². The van der Waals surface area contributed by atoms with Gasteiger partial charge >= 0.3 is 0 Å². The Balaban J connectivity index is 1.54. The lowest BCUT2D eigenvalue weighted by Crippen LogP contribution is -2.47. The number of halogens is 1. The normalized spacial score (nSPS) is 19.7. The molecule has 1 aromatic rings. The van der Waals surface area contributed by atoms with E-state index in [4.69, 9.17) is 22.1 Å². The number of amides is 2. The highest BCUT2D eigenvalue weighted by Gasteiger charge is 2.26. The summed E-state index contributed by atoms with van der Waals surface area (Å²) in [6.45, 7) is 2.96. The molecule has 0 spiro atoms.